The van der Waals surface area contributed by atoms with Gasteiger partial charge < -0.3 is 20.6 Å². The number of aliphatic hydroxyl groups is 2. The van der Waals surface area contributed by atoms with Crippen molar-refractivity contribution in [2.24, 2.45) is 0 Å². The van der Waals surface area contributed by atoms with E-state index in [0.29, 0.717) is 29.7 Å². The number of likely N-dealkylation sites (tertiary alicyclic amines) is 1. The van der Waals surface area contributed by atoms with Crippen LogP contribution in [0.25, 0.3) is 10.9 Å². The van der Waals surface area contributed by atoms with Crippen molar-refractivity contribution in [2.75, 3.05) is 26.3 Å². The maximum atomic E-state index is 10.5. The summed E-state index contributed by atoms with van der Waals surface area (Å²) in [5.41, 5.74) is 1.31. The van der Waals surface area contributed by atoms with Crippen LogP contribution < -0.4 is 5.32 Å². The van der Waals surface area contributed by atoms with Crippen LogP contribution in [0.15, 0.2) is 24.4 Å². The van der Waals surface area contributed by atoms with Crippen LogP contribution in [0.2, 0.25) is 5.02 Å². The van der Waals surface area contributed by atoms with E-state index in [1.807, 2.05) is 12.1 Å². The summed E-state index contributed by atoms with van der Waals surface area (Å²) in [6.07, 6.45) is 8.62. The maximum Gasteiger partial charge on any atom is 0.146 e. The Kier molecular flexibility index (Phi) is 8.51. The molecule has 2 saturated heterocycles. The van der Waals surface area contributed by atoms with Crippen LogP contribution in [-0.2, 0) is 6.54 Å². The fourth-order valence-corrected chi connectivity index (χ4v) is 4.42. The third-order valence-corrected chi connectivity index (χ3v) is 6.17. The fourth-order valence-electron chi connectivity index (χ4n) is 4.13. The van der Waals surface area contributed by atoms with Gasteiger partial charge in [0.15, 0.2) is 0 Å². The Balaban J connectivity index is 0.000000252. The monoisotopic (exact) mass is 421 g/mol. The van der Waals surface area contributed by atoms with Crippen LogP contribution >= 0.6 is 11.6 Å². The molecule has 2 unspecified atom stereocenters. The lowest BCUT2D eigenvalue weighted by atomic mass is 10.0. The van der Waals surface area contributed by atoms with Crippen molar-refractivity contribution in [3.05, 3.63) is 35.0 Å². The third-order valence-electron chi connectivity index (χ3n) is 5.86. The number of aromatic hydroxyl groups is 1. The minimum Gasteiger partial charge on any atom is -0.505 e. The van der Waals surface area contributed by atoms with Crippen molar-refractivity contribution in [1.29, 1.82) is 0 Å². The van der Waals surface area contributed by atoms with E-state index in [-0.39, 0.29) is 18.4 Å². The highest BCUT2D eigenvalue weighted by Gasteiger charge is 2.23. The molecule has 0 spiro atoms. The van der Waals surface area contributed by atoms with Gasteiger partial charge in [-0.05, 0) is 57.0 Å². The molecule has 7 heteroatoms. The number of pyridine rings is 1. The van der Waals surface area contributed by atoms with Gasteiger partial charge in [0.1, 0.15) is 11.3 Å². The number of phenols is 1. The predicted octanol–water partition coefficient (Wildman–Crippen LogP) is 3.06. The molecule has 4 rings (SSSR count). The molecule has 29 heavy (non-hydrogen) atoms. The van der Waals surface area contributed by atoms with E-state index in [4.69, 9.17) is 16.7 Å². The molecule has 0 bridgehead atoms. The van der Waals surface area contributed by atoms with Gasteiger partial charge in [0.25, 0.3) is 0 Å². The van der Waals surface area contributed by atoms with E-state index in [1.165, 1.54) is 12.8 Å². The Morgan fingerprint density at radius 3 is 2.66 bits per heavy atom. The van der Waals surface area contributed by atoms with Crippen LogP contribution in [0.3, 0.4) is 0 Å². The molecule has 2 aliphatic heterocycles. The number of hydrogen-bond acceptors (Lipinski definition) is 6. The number of benzene rings is 1. The first-order valence-corrected chi connectivity index (χ1v) is 11.0. The molecule has 2 aliphatic rings. The second-order valence-corrected chi connectivity index (χ2v) is 8.30. The van der Waals surface area contributed by atoms with Gasteiger partial charge in [-0.1, -0.05) is 24.4 Å². The first-order valence-electron chi connectivity index (χ1n) is 10.6. The lowest BCUT2D eigenvalue weighted by molar-refractivity contribution is 0.0835. The van der Waals surface area contributed by atoms with Gasteiger partial charge in [0, 0.05) is 35.8 Å². The molecule has 0 aliphatic carbocycles. The first kappa shape index (κ1) is 22.2. The molecule has 6 nitrogen and oxygen atoms in total. The summed E-state index contributed by atoms with van der Waals surface area (Å²) in [6.45, 7) is 3.07. The summed E-state index contributed by atoms with van der Waals surface area (Å²) in [4.78, 5) is 6.44. The van der Waals surface area contributed by atoms with Crippen molar-refractivity contribution in [2.45, 2.75) is 57.2 Å². The molecule has 3 heterocycles. The lowest BCUT2D eigenvalue weighted by Gasteiger charge is -2.34. The Hall–Kier alpha value is -1.44. The zero-order valence-electron chi connectivity index (χ0n) is 16.9. The summed E-state index contributed by atoms with van der Waals surface area (Å²) >= 11 is 6.30. The number of halogens is 1. The summed E-state index contributed by atoms with van der Waals surface area (Å²) in [5.74, 6) is 0.192. The summed E-state index contributed by atoms with van der Waals surface area (Å²) in [5, 5.41) is 33.2. The zero-order chi connectivity index (χ0) is 20.6. The van der Waals surface area contributed by atoms with Crippen LogP contribution in [0.1, 0.15) is 44.1 Å². The average Bonchev–Trinajstić information content (AvgIpc) is 2.78. The van der Waals surface area contributed by atoms with Crippen molar-refractivity contribution >= 4 is 22.5 Å². The minimum atomic E-state index is 0.153. The van der Waals surface area contributed by atoms with Crippen LogP contribution in [0.4, 0.5) is 0 Å². The van der Waals surface area contributed by atoms with Crippen molar-refractivity contribution in [3.63, 3.8) is 0 Å². The number of nitrogens with one attached hydrogen (secondary N) is 1. The summed E-state index contributed by atoms with van der Waals surface area (Å²) in [7, 11) is 0. The smallest absolute Gasteiger partial charge is 0.146 e. The van der Waals surface area contributed by atoms with Gasteiger partial charge in [0.2, 0.25) is 0 Å². The van der Waals surface area contributed by atoms with Crippen molar-refractivity contribution in [3.8, 4) is 5.75 Å². The van der Waals surface area contributed by atoms with E-state index in [2.05, 4.69) is 15.2 Å². The molecule has 1 aromatic heterocycles. The Bertz CT molecular complexity index is 783. The van der Waals surface area contributed by atoms with Gasteiger partial charge in [-0.3, -0.25) is 9.88 Å². The quantitative estimate of drug-likeness (QED) is 0.606. The second kappa shape index (κ2) is 11.1. The van der Waals surface area contributed by atoms with Crippen LogP contribution in [0.5, 0.6) is 5.75 Å². The minimum absolute atomic E-state index is 0.153. The number of fused-ring (bicyclic) bond motifs is 1. The first-order chi connectivity index (χ1) is 14.1. The van der Waals surface area contributed by atoms with E-state index < -0.39 is 0 Å². The molecule has 2 atom stereocenters. The fraction of sp³-hybridized carbons (Fsp3) is 0.591. The van der Waals surface area contributed by atoms with Gasteiger partial charge in [-0.2, -0.15) is 0 Å². The number of phenolic OH excluding ortho intramolecular Hbond substituents is 1. The number of piperidine rings is 2. The molecule has 160 valence electrons. The maximum absolute atomic E-state index is 10.5. The van der Waals surface area contributed by atoms with Crippen molar-refractivity contribution < 1.29 is 15.3 Å². The predicted molar refractivity (Wildman–Crippen MR) is 116 cm³/mol. The van der Waals surface area contributed by atoms with E-state index in [9.17, 15) is 10.2 Å². The summed E-state index contributed by atoms with van der Waals surface area (Å²) in [6, 6.07) is 6.02. The van der Waals surface area contributed by atoms with Crippen LogP contribution in [-0.4, -0.2) is 63.6 Å². The number of rotatable bonds is 4. The van der Waals surface area contributed by atoms with Gasteiger partial charge in [-0.15, -0.1) is 0 Å². The number of aliphatic hydroxyl groups excluding tert-OH is 2. The van der Waals surface area contributed by atoms with E-state index in [1.54, 1.807) is 12.3 Å². The number of aromatic nitrogens is 1. The molecule has 0 amide bonds. The zero-order valence-corrected chi connectivity index (χ0v) is 17.6. The Morgan fingerprint density at radius 2 is 1.97 bits per heavy atom. The van der Waals surface area contributed by atoms with Gasteiger partial charge in [-0.25, -0.2) is 0 Å². The molecule has 1 aromatic carbocycles. The number of nitrogens with zero attached hydrogens (tertiary/aromatic N) is 2. The van der Waals surface area contributed by atoms with Gasteiger partial charge >= 0.3 is 0 Å². The largest absolute Gasteiger partial charge is 0.505 e. The highest BCUT2D eigenvalue weighted by atomic mass is 35.5. The summed E-state index contributed by atoms with van der Waals surface area (Å²) < 4.78 is 0. The Morgan fingerprint density at radius 1 is 1.14 bits per heavy atom. The molecule has 0 radical (unpaired) electrons. The third kappa shape index (κ3) is 5.80. The van der Waals surface area contributed by atoms with E-state index in [0.717, 1.165) is 49.7 Å². The molecule has 2 aromatic rings. The molecule has 0 saturated carbocycles. The Labute approximate surface area is 177 Å². The topological polar surface area (TPSA) is 88.9 Å². The lowest BCUT2D eigenvalue weighted by Crippen LogP contribution is -2.41. The molecular formula is C22H32ClN3O3. The van der Waals surface area contributed by atoms with Gasteiger partial charge in [0.05, 0.1) is 18.2 Å². The second-order valence-electron chi connectivity index (χ2n) is 7.90. The SMILES string of the molecule is OCC1CCCCN1.OCC1CCCCN1Cc1cc(Cl)c2cccnc2c1O. The average molecular weight is 422 g/mol. The van der Waals surface area contributed by atoms with E-state index >= 15 is 0 Å². The number of hydrogen-bond donors (Lipinski definition) is 4. The molecular weight excluding hydrogens is 390 g/mol. The highest BCUT2D eigenvalue weighted by molar-refractivity contribution is 6.35. The normalized spacial score (nSPS) is 22.9. The highest BCUT2D eigenvalue weighted by Crippen LogP contribution is 2.34. The molecule has 4 N–H and O–H groups in total. The molecule has 2 fully saturated rings. The van der Waals surface area contributed by atoms with Crippen molar-refractivity contribution in [1.82, 2.24) is 15.2 Å². The van der Waals surface area contributed by atoms with Crippen LogP contribution in [0, 0.1) is 0 Å². The standard InChI is InChI=1S/C16H19ClN2O2.C6H13NO/c17-14-8-11(9-19-7-2-1-4-12(19)10-20)16(21)15-13(14)5-3-6-18-15;8-5-6-3-1-2-4-7-6/h3,5-6,8,12,20-21H,1-2,4,7,9-10H2;6-8H,1-5H2.